The molecular formula is C30H33NS2. The summed E-state index contributed by atoms with van der Waals surface area (Å²) in [5.74, 6) is 0. The van der Waals surface area contributed by atoms with Crippen molar-refractivity contribution in [1.29, 1.82) is 0 Å². The van der Waals surface area contributed by atoms with Crippen LogP contribution in [-0.2, 0) is 6.54 Å². The molecule has 0 atom stereocenters. The van der Waals surface area contributed by atoms with Gasteiger partial charge < -0.3 is 4.57 Å². The van der Waals surface area contributed by atoms with Crippen molar-refractivity contribution < 1.29 is 0 Å². The number of nitrogens with zero attached hydrogens (tertiary/aromatic N) is 1. The Labute approximate surface area is 205 Å². The molecule has 5 aromatic rings. The predicted octanol–water partition coefficient (Wildman–Crippen LogP) is 10.2. The van der Waals surface area contributed by atoms with Crippen LogP contribution in [0.1, 0.15) is 55.9 Å². The lowest BCUT2D eigenvalue weighted by molar-refractivity contribution is 0.571. The van der Waals surface area contributed by atoms with Crippen molar-refractivity contribution in [3.05, 3.63) is 71.1 Å². The van der Waals surface area contributed by atoms with E-state index < -0.39 is 0 Å². The summed E-state index contributed by atoms with van der Waals surface area (Å²) in [6, 6.07) is 23.1. The third-order valence-electron chi connectivity index (χ3n) is 6.63. The molecule has 0 amide bonds. The highest BCUT2D eigenvalue weighted by molar-refractivity contribution is 7.23. The van der Waals surface area contributed by atoms with Crippen LogP contribution in [-0.4, -0.2) is 4.57 Å². The summed E-state index contributed by atoms with van der Waals surface area (Å²) < 4.78 is 2.58. The lowest BCUT2D eigenvalue weighted by Crippen LogP contribution is -1.98. The minimum Gasteiger partial charge on any atom is -0.340 e. The molecule has 0 N–H and O–H groups in total. The third-order valence-corrected chi connectivity index (χ3v) is 8.96. The van der Waals surface area contributed by atoms with Crippen molar-refractivity contribution in [3.63, 3.8) is 0 Å². The normalized spacial score (nSPS) is 11.7. The number of hydrogen-bond donors (Lipinski definition) is 0. The molecule has 0 aliphatic heterocycles. The molecule has 170 valence electrons. The Kier molecular flexibility index (Phi) is 6.71. The fourth-order valence-corrected chi connectivity index (χ4v) is 6.80. The van der Waals surface area contributed by atoms with Crippen LogP contribution >= 0.6 is 22.7 Å². The summed E-state index contributed by atoms with van der Waals surface area (Å²) in [5.41, 5.74) is 5.43. The maximum absolute atomic E-state index is 2.58. The van der Waals surface area contributed by atoms with Crippen LogP contribution in [0.3, 0.4) is 0 Å². The van der Waals surface area contributed by atoms with Crippen LogP contribution in [0.25, 0.3) is 42.0 Å². The maximum atomic E-state index is 2.58. The van der Waals surface area contributed by atoms with Gasteiger partial charge in [0.1, 0.15) is 0 Å². The Bertz CT molecular complexity index is 1380. The Morgan fingerprint density at radius 3 is 2.09 bits per heavy atom. The van der Waals surface area contributed by atoms with E-state index in [0.717, 1.165) is 6.54 Å². The number of benzene rings is 2. The monoisotopic (exact) mass is 471 g/mol. The lowest BCUT2D eigenvalue weighted by atomic mass is 10.1. The van der Waals surface area contributed by atoms with Crippen LogP contribution in [0.2, 0.25) is 0 Å². The molecule has 5 rings (SSSR count). The summed E-state index contributed by atoms with van der Waals surface area (Å²) in [7, 11) is 0. The van der Waals surface area contributed by atoms with Crippen molar-refractivity contribution in [3.8, 4) is 20.2 Å². The molecule has 2 aromatic carbocycles. The molecule has 0 spiro atoms. The number of hydrogen-bond acceptors (Lipinski definition) is 2. The molecule has 3 aromatic heterocycles. The summed E-state index contributed by atoms with van der Waals surface area (Å²) in [4.78, 5) is 5.46. The van der Waals surface area contributed by atoms with E-state index in [4.69, 9.17) is 0 Å². The SMILES string of the molecule is CCCCCCCCn1c2cc(C)ccc2c2ccc(-c3ccc(-c4ccc(C)s4)s3)cc21. The van der Waals surface area contributed by atoms with E-state index >= 15 is 0 Å². The van der Waals surface area contributed by atoms with Crippen LogP contribution in [0.4, 0.5) is 0 Å². The van der Waals surface area contributed by atoms with Crippen molar-refractivity contribution in [2.45, 2.75) is 65.8 Å². The van der Waals surface area contributed by atoms with Crippen molar-refractivity contribution in [2.24, 2.45) is 0 Å². The van der Waals surface area contributed by atoms with E-state index in [9.17, 15) is 0 Å². The first kappa shape index (κ1) is 22.4. The van der Waals surface area contributed by atoms with Gasteiger partial charge in [0.2, 0.25) is 0 Å². The Morgan fingerprint density at radius 1 is 0.636 bits per heavy atom. The molecule has 0 radical (unpaired) electrons. The van der Waals surface area contributed by atoms with Gasteiger partial charge in [0.25, 0.3) is 0 Å². The minimum atomic E-state index is 1.10. The van der Waals surface area contributed by atoms with E-state index in [-0.39, 0.29) is 0 Å². The zero-order chi connectivity index (χ0) is 22.8. The second-order valence-corrected chi connectivity index (χ2v) is 11.6. The molecule has 0 fully saturated rings. The highest BCUT2D eigenvalue weighted by Crippen LogP contribution is 2.39. The number of unbranched alkanes of at least 4 members (excludes halogenated alkanes) is 5. The first-order chi connectivity index (χ1) is 16.1. The number of rotatable bonds is 9. The maximum Gasteiger partial charge on any atom is 0.0497 e. The van der Waals surface area contributed by atoms with Gasteiger partial charge in [-0.2, -0.15) is 0 Å². The summed E-state index contributed by atoms with van der Waals surface area (Å²) >= 11 is 3.79. The molecule has 3 heterocycles. The molecule has 0 bridgehead atoms. The zero-order valence-corrected chi connectivity index (χ0v) is 21.6. The van der Waals surface area contributed by atoms with Gasteiger partial charge in [0.05, 0.1) is 0 Å². The Balaban J connectivity index is 1.50. The average molecular weight is 472 g/mol. The van der Waals surface area contributed by atoms with Gasteiger partial charge in [0, 0.05) is 47.9 Å². The first-order valence-corrected chi connectivity index (χ1v) is 14.0. The number of aromatic nitrogens is 1. The van der Waals surface area contributed by atoms with Crippen LogP contribution in [0.5, 0.6) is 0 Å². The highest BCUT2D eigenvalue weighted by Gasteiger charge is 2.13. The molecule has 0 unspecified atom stereocenters. The number of thiophene rings is 2. The van der Waals surface area contributed by atoms with Crippen LogP contribution in [0.15, 0.2) is 60.7 Å². The topological polar surface area (TPSA) is 4.93 Å². The van der Waals surface area contributed by atoms with E-state index in [1.54, 1.807) is 0 Å². The molecule has 0 saturated carbocycles. The average Bonchev–Trinajstić information content (AvgIpc) is 3.53. The molecular weight excluding hydrogens is 438 g/mol. The standard InChI is InChI=1S/C30H33NS2/c1-4-5-6-7-8-9-18-31-26-19-21(2)10-13-24(26)25-14-12-23(20-27(25)31)28-16-17-30(33-28)29-15-11-22(3)32-29/h10-17,19-20H,4-9,18H2,1-3H3. The summed E-state index contributed by atoms with van der Waals surface area (Å²) in [5, 5.41) is 2.76. The Hall–Kier alpha value is -2.36. The Morgan fingerprint density at radius 2 is 1.30 bits per heavy atom. The van der Waals surface area contributed by atoms with Gasteiger partial charge in [-0.3, -0.25) is 0 Å². The zero-order valence-electron chi connectivity index (χ0n) is 20.0. The molecule has 0 aliphatic carbocycles. The second-order valence-electron chi connectivity index (χ2n) is 9.25. The number of fused-ring (bicyclic) bond motifs is 3. The lowest BCUT2D eigenvalue weighted by Gasteiger charge is -2.09. The highest BCUT2D eigenvalue weighted by atomic mass is 32.1. The minimum absolute atomic E-state index is 1.10. The fraction of sp³-hybridized carbons (Fsp3) is 0.333. The van der Waals surface area contributed by atoms with Gasteiger partial charge in [-0.1, -0.05) is 63.3 Å². The van der Waals surface area contributed by atoms with E-state index in [0.29, 0.717) is 0 Å². The van der Waals surface area contributed by atoms with Crippen molar-refractivity contribution >= 4 is 44.5 Å². The summed E-state index contributed by atoms with van der Waals surface area (Å²) in [6.45, 7) is 7.78. The molecule has 1 nitrogen and oxygen atoms in total. The van der Waals surface area contributed by atoms with Gasteiger partial charge in [0.15, 0.2) is 0 Å². The van der Waals surface area contributed by atoms with Crippen molar-refractivity contribution in [2.75, 3.05) is 0 Å². The van der Waals surface area contributed by atoms with Crippen LogP contribution < -0.4 is 0 Å². The van der Waals surface area contributed by atoms with Gasteiger partial charge in [-0.05, 0) is 67.8 Å². The van der Waals surface area contributed by atoms with E-state index in [1.165, 1.54) is 91.0 Å². The fourth-order valence-electron chi connectivity index (χ4n) is 4.84. The molecule has 0 saturated heterocycles. The van der Waals surface area contributed by atoms with Crippen molar-refractivity contribution in [1.82, 2.24) is 4.57 Å². The second kappa shape index (κ2) is 9.87. The van der Waals surface area contributed by atoms with Crippen LogP contribution in [0, 0.1) is 13.8 Å². The molecule has 3 heteroatoms. The number of aryl methyl sites for hydroxylation is 3. The molecule has 33 heavy (non-hydrogen) atoms. The van der Waals surface area contributed by atoms with Gasteiger partial charge in [-0.15, -0.1) is 22.7 Å². The summed E-state index contributed by atoms with van der Waals surface area (Å²) in [6.07, 6.45) is 7.98. The quantitative estimate of drug-likeness (QED) is 0.188. The molecule has 0 aliphatic rings. The van der Waals surface area contributed by atoms with E-state index in [1.807, 2.05) is 22.7 Å². The smallest absolute Gasteiger partial charge is 0.0497 e. The van der Waals surface area contributed by atoms with E-state index in [2.05, 4.69) is 86.0 Å². The third kappa shape index (κ3) is 4.67. The van der Waals surface area contributed by atoms with Gasteiger partial charge in [-0.25, -0.2) is 0 Å². The largest absolute Gasteiger partial charge is 0.340 e. The van der Waals surface area contributed by atoms with Gasteiger partial charge >= 0.3 is 0 Å². The first-order valence-electron chi connectivity index (χ1n) is 12.3. The predicted molar refractivity (Wildman–Crippen MR) is 149 cm³/mol.